The van der Waals surface area contributed by atoms with Crippen LogP contribution in [0.4, 0.5) is 17.1 Å². The highest BCUT2D eigenvalue weighted by molar-refractivity contribution is 5.64. The van der Waals surface area contributed by atoms with Crippen LogP contribution >= 0.6 is 0 Å². The number of anilines is 3. The Bertz CT molecular complexity index is 449. The van der Waals surface area contributed by atoms with Crippen LogP contribution in [0.3, 0.4) is 0 Å². The fourth-order valence-corrected chi connectivity index (χ4v) is 1.61. The zero-order valence-electron chi connectivity index (χ0n) is 9.51. The molecule has 0 amide bonds. The zero-order valence-corrected chi connectivity index (χ0v) is 9.51. The van der Waals surface area contributed by atoms with Crippen LogP contribution in [0.2, 0.25) is 0 Å². The van der Waals surface area contributed by atoms with Gasteiger partial charge in [-0.15, -0.1) is 0 Å². The summed E-state index contributed by atoms with van der Waals surface area (Å²) in [6, 6.07) is 10.2. The van der Waals surface area contributed by atoms with Crippen molar-refractivity contribution in [3.05, 3.63) is 48.3 Å². The SMILES string of the molecule is Cc1cccc(N(C)c2cncc(N)c2)c1. The van der Waals surface area contributed by atoms with Crippen LogP contribution in [-0.2, 0) is 0 Å². The van der Waals surface area contributed by atoms with Gasteiger partial charge in [0.1, 0.15) is 0 Å². The molecule has 3 nitrogen and oxygen atoms in total. The van der Waals surface area contributed by atoms with Gasteiger partial charge in [-0.2, -0.15) is 0 Å². The summed E-state index contributed by atoms with van der Waals surface area (Å²) in [6.07, 6.45) is 3.45. The molecule has 2 aromatic rings. The Morgan fingerprint density at radius 2 is 1.94 bits per heavy atom. The Labute approximate surface area is 95.5 Å². The number of pyridine rings is 1. The summed E-state index contributed by atoms with van der Waals surface area (Å²) in [4.78, 5) is 6.15. The molecule has 0 radical (unpaired) electrons. The van der Waals surface area contributed by atoms with Gasteiger partial charge in [0, 0.05) is 18.9 Å². The van der Waals surface area contributed by atoms with E-state index in [4.69, 9.17) is 5.73 Å². The molecule has 0 atom stereocenters. The maximum atomic E-state index is 5.72. The van der Waals surface area contributed by atoms with Crippen molar-refractivity contribution in [2.24, 2.45) is 0 Å². The summed E-state index contributed by atoms with van der Waals surface area (Å²) in [5, 5.41) is 0. The van der Waals surface area contributed by atoms with Gasteiger partial charge in [0.2, 0.25) is 0 Å². The summed E-state index contributed by atoms with van der Waals surface area (Å²) in [7, 11) is 2.01. The van der Waals surface area contributed by atoms with Crippen molar-refractivity contribution in [3.8, 4) is 0 Å². The smallest absolute Gasteiger partial charge is 0.0615 e. The van der Waals surface area contributed by atoms with Crippen molar-refractivity contribution in [2.75, 3.05) is 17.7 Å². The number of aryl methyl sites for hydroxylation is 1. The van der Waals surface area contributed by atoms with Crippen LogP contribution in [0.15, 0.2) is 42.7 Å². The number of rotatable bonds is 2. The van der Waals surface area contributed by atoms with Crippen LogP contribution < -0.4 is 10.6 Å². The molecule has 1 aromatic carbocycles. The predicted molar refractivity (Wildman–Crippen MR) is 67.9 cm³/mol. The molecule has 0 fully saturated rings. The quantitative estimate of drug-likeness (QED) is 0.834. The van der Waals surface area contributed by atoms with Gasteiger partial charge in [0.15, 0.2) is 0 Å². The number of nitrogens with two attached hydrogens (primary N) is 1. The Morgan fingerprint density at radius 3 is 2.62 bits per heavy atom. The second-order valence-corrected chi connectivity index (χ2v) is 3.87. The van der Waals surface area contributed by atoms with Gasteiger partial charge in [-0.05, 0) is 30.7 Å². The molecular weight excluding hydrogens is 198 g/mol. The first-order chi connectivity index (χ1) is 7.66. The molecule has 2 rings (SSSR count). The molecule has 0 bridgehead atoms. The molecule has 16 heavy (non-hydrogen) atoms. The van der Waals surface area contributed by atoms with E-state index >= 15 is 0 Å². The van der Waals surface area contributed by atoms with E-state index in [9.17, 15) is 0 Å². The molecule has 1 aromatic heterocycles. The maximum Gasteiger partial charge on any atom is 0.0615 e. The van der Waals surface area contributed by atoms with Crippen molar-refractivity contribution >= 4 is 17.1 Å². The lowest BCUT2D eigenvalue weighted by Gasteiger charge is -2.19. The second kappa shape index (κ2) is 4.23. The summed E-state index contributed by atoms with van der Waals surface area (Å²) < 4.78 is 0. The van der Waals surface area contributed by atoms with E-state index < -0.39 is 0 Å². The van der Waals surface area contributed by atoms with Crippen molar-refractivity contribution in [1.29, 1.82) is 0 Å². The first-order valence-electron chi connectivity index (χ1n) is 5.18. The summed E-state index contributed by atoms with van der Waals surface area (Å²) >= 11 is 0. The first kappa shape index (κ1) is 10.5. The van der Waals surface area contributed by atoms with Crippen LogP contribution in [-0.4, -0.2) is 12.0 Å². The number of hydrogen-bond donors (Lipinski definition) is 1. The minimum atomic E-state index is 0.678. The third kappa shape index (κ3) is 2.14. The van der Waals surface area contributed by atoms with Gasteiger partial charge >= 0.3 is 0 Å². The van der Waals surface area contributed by atoms with Crippen LogP contribution in [0.5, 0.6) is 0 Å². The predicted octanol–water partition coefficient (Wildman–Crippen LogP) is 2.74. The van der Waals surface area contributed by atoms with E-state index in [0.717, 1.165) is 11.4 Å². The number of aromatic nitrogens is 1. The van der Waals surface area contributed by atoms with Gasteiger partial charge in [0.05, 0.1) is 17.6 Å². The van der Waals surface area contributed by atoms with E-state index in [1.807, 2.05) is 19.2 Å². The highest BCUT2D eigenvalue weighted by Gasteiger charge is 2.04. The number of nitrogen functional groups attached to an aromatic ring is 1. The van der Waals surface area contributed by atoms with E-state index in [2.05, 4.69) is 35.0 Å². The third-order valence-corrected chi connectivity index (χ3v) is 2.52. The molecule has 0 aliphatic heterocycles. The molecule has 0 unspecified atom stereocenters. The van der Waals surface area contributed by atoms with Crippen molar-refractivity contribution in [2.45, 2.75) is 6.92 Å². The van der Waals surface area contributed by atoms with Crippen LogP contribution in [0.1, 0.15) is 5.56 Å². The molecule has 0 saturated carbocycles. The fraction of sp³-hybridized carbons (Fsp3) is 0.154. The Morgan fingerprint density at radius 1 is 1.12 bits per heavy atom. The highest BCUT2D eigenvalue weighted by atomic mass is 15.1. The third-order valence-electron chi connectivity index (χ3n) is 2.52. The lowest BCUT2D eigenvalue weighted by molar-refractivity contribution is 1.17. The standard InChI is InChI=1S/C13H15N3/c1-10-4-3-5-12(6-10)16(2)13-7-11(14)8-15-9-13/h3-9H,14H2,1-2H3. The lowest BCUT2D eigenvalue weighted by atomic mass is 10.2. The molecule has 2 N–H and O–H groups in total. The molecule has 0 aliphatic rings. The first-order valence-corrected chi connectivity index (χ1v) is 5.18. The minimum absolute atomic E-state index is 0.678. The summed E-state index contributed by atoms with van der Waals surface area (Å²) in [5.74, 6) is 0. The van der Waals surface area contributed by atoms with Gasteiger partial charge in [0.25, 0.3) is 0 Å². The van der Waals surface area contributed by atoms with Crippen LogP contribution in [0, 0.1) is 6.92 Å². The maximum absolute atomic E-state index is 5.72. The Kier molecular flexibility index (Phi) is 2.77. The monoisotopic (exact) mass is 213 g/mol. The van der Waals surface area contributed by atoms with Crippen molar-refractivity contribution in [3.63, 3.8) is 0 Å². The van der Waals surface area contributed by atoms with Crippen molar-refractivity contribution in [1.82, 2.24) is 4.98 Å². The van der Waals surface area contributed by atoms with E-state index in [-0.39, 0.29) is 0 Å². The molecule has 0 aliphatic carbocycles. The lowest BCUT2D eigenvalue weighted by Crippen LogP contribution is -2.10. The minimum Gasteiger partial charge on any atom is -0.397 e. The zero-order chi connectivity index (χ0) is 11.5. The Balaban J connectivity index is 2.35. The Hall–Kier alpha value is -2.03. The summed E-state index contributed by atoms with van der Waals surface area (Å²) in [6.45, 7) is 2.08. The molecule has 0 saturated heterocycles. The molecular formula is C13H15N3. The fourth-order valence-electron chi connectivity index (χ4n) is 1.61. The second-order valence-electron chi connectivity index (χ2n) is 3.87. The van der Waals surface area contributed by atoms with E-state index in [0.29, 0.717) is 5.69 Å². The number of nitrogens with zero attached hydrogens (tertiary/aromatic N) is 2. The molecule has 1 heterocycles. The molecule has 82 valence electrons. The highest BCUT2D eigenvalue weighted by Crippen LogP contribution is 2.24. The average Bonchev–Trinajstić information content (AvgIpc) is 2.28. The largest absolute Gasteiger partial charge is 0.397 e. The van der Waals surface area contributed by atoms with Crippen LogP contribution in [0.25, 0.3) is 0 Å². The van der Waals surface area contributed by atoms with E-state index in [1.165, 1.54) is 5.56 Å². The van der Waals surface area contributed by atoms with Gasteiger partial charge in [-0.25, -0.2) is 0 Å². The van der Waals surface area contributed by atoms with Gasteiger partial charge in [-0.1, -0.05) is 12.1 Å². The van der Waals surface area contributed by atoms with Gasteiger partial charge in [-0.3, -0.25) is 4.98 Å². The molecule has 0 spiro atoms. The summed E-state index contributed by atoms with van der Waals surface area (Å²) in [5.41, 5.74) is 9.75. The average molecular weight is 213 g/mol. The van der Waals surface area contributed by atoms with E-state index in [1.54, 1.807) is 12.4 Å². The number of hydrogen-bond acceptors (Lipinski definition) is 3. The molecule has 3 heteroatoms. The normalized spacial score (nSPS) is 10.1. The van der Waals surface area contributed by atoms with Crippen molar-refractivity contribution < 1.29 is 0 Å². The number of benzene rings is 1. The topological polar surface area (TPSA) is 42.2 Å². The van der Waals surface area contributed by atoms with Gasteiger partial charge < -0.3 is 10.6 Å².